The van der Waals surface area contributed by atoms with E-state index < -0.39 is 0 Å². The van der Waals surface area contributed by atoms with Crippen LogP contribution >= 0.6 is 0 Å². The predicted molar refractivity (Wildman–Crippen MR) is 167 cm³/mol. The van der Waals surface area contributed by atoms with Crippen molar-refractivity contribution < 1.29 is 9.78 Å². The minimum absolute atomic E-state index is 0.897. The highest BCUT2D eigenvalue weighted by atomic mass is 17.2. The quantitative estimate of drug-likeness (QED) is 0.123. The van der Waals surface area contributed by atoms with Crippen LogP contribution in [0.3, 0.4) is 0 Å². The van der Waals surface area contributed by atoms with Gasteiger partial charge in [0.05, 0.1) is 0 Å². The van der Waals surface area contributed by atoms with Crippen LogP contribution in [0.25, 0.3) is 22.3 Å². The van der Waals surface area contributed by atoms with Gasteiger partial charge in [0.25, 0.3) is 0 Å². The first-order valence-corrected chi connectivity index (χ1v) is 15.5. The maximum absolute atomic E-state index is 6.68. The fourth-order valence-electron chi connectivity index (χ4n) is 7.00. The van der Waals surface area contributed by atoms with Crippen LogP contribution in [0.2, 0.25) is 0 Å². The zero-order valence-electron chi connectivity index (χ0n) is 24.7. The van der Waals surface area contributed by atoms with E-state index in [1.807, 2.05) is 0 Å². The first-order chi connectivity index (χ1) is 19.7. The lowest BCUT2D eigenvalue weighted by atomic mass is 9.92. The topological polar surface area (TPSA) is 18.5 Å². The van der Waals surface area contributed by atoms with E-state index in [2.05, 4.69) is 88.4 Å². The van der Waals surface area contributed by atoms with Crippen LogP contribution in [0.5, 0.6) is 11.5 Å². The van der Waals surface area contributed by atoms with E-state index >= 15 is 0 Å². The molecule has 0 aromatic heterocycles. The minimum Gasteiger partial charge on any atom is -0.289 e. The third kappa shape index (κ3) is 4.62. The molecule has 0 atom stereocenters. The Kier molecular flexibility index (Phi) is 7.69. The van der Waals surface area contributed by atoms with E-state index in [9.17, 15) is 0 Å². The van der Waals surface area contributed by atoms with Crippen LogP contribution < -0.4 is 9.78 Å². The zero-order valence-corrected chi connectivity index (χ0v) is 24.7. The van der Waals surface area contributed by atoms with Gasteiger partial charge in [0, 0.05) is 35.1 Å². The summed E-state index contributed by atoms with van der Waals surface area (Å²) in [5.41, 5.74) is 16.1. The molecule has 206 valence electrons. The molecule has 0 aliphatic heterocycles. The maximum atomic E-state index is 6.68. The number of rotatable bonds is 11. The molecule has 4 aromatic rings. The Morgan fingerprint density at radius 3 is 1.30 bits per heavy atom. The molecular weight excluding hydrogens is 488 g/mol. The number of fused-ring (bicyclic) bond motifs is 6. The van der Waals surface area contributed by atoms with Gasteiger partial charge in [0.1, 0.15) is 0 Å². The highest BCUT2D eigenvalue weighted by Gasteiger charge is 2.30. The monoisotopic (exact) mass is 530 g/mol. The summed E-state index contributed by atoms with van der Waals surface area (Å²) in [5.74, 6) is 1.93. The summed E-state index contributed by atoms with van der Waals surface area (Å²) in [5, 5.41) is 0. The van der Waals surface area contributed by atoms with E-state index in [-0.39, 0.29) is 0 Å². The summed E-state index contributed by atoms with van der Waals surface area (Å²) in [6, 6.07) is 22.5. The van der Waals surface area contributed by atoms with Crippen molar-refractivity contribution in [1.82, 2.24) is 0 Å². The third-order valence-corrected chi connectivity index (χ3v) is 8.76. The molecule has 0 amide bonds. The van der Waals surface area contributed by atoms with E-state index in [4.69, 9.17) is 9.78 Å². The molecule has 6 rings (SSSR count). The molecule has 0 bridgehead atoms. The van der Waals surface area contributed by atoms with Crippen molar-refractivity contribution in [2.75, 3.05) is 0 Å². The van der Waals surface area contributed by atoms with Gasteiger partial charge in [-0.2, -0.15) is 0 Å². The third-order valence-electron chi connectivity index (χ3n) is 8.76. The van der Waals surface area contributed by atoms with Crippen LogP contribution in [0.1, 0.15) is 97.9 Å². The lowest BCUT2D eigenvalue weighted by Gasteiger charge is -2.22. The van der Waals surface area contributed by atoms with Crippen LogP contribution in [0.15, 0.2) is 60.7 Å². The van der Waals surface area contributed by atoms with E-state index in [0.29, 0.717) is 0 Å². The Hall–Kier alpha value is -3.52. The van der Waals surface area contributed by atoms with E-state index in [1.54, 1.807) is 0 Å². The second-order valence-electron chi connectivity index (χ2n) is 11.6. The molecule has 0 fully saturated rings. The lowest BCUT2D eigenvalue weighted by molar-refractivity contribution is -0.103. The Labute approximate surface area is 240 Å². The maximum Gasteiger partial charge on any atom is 0.186 e. The first kappa shape index (κ1) is 26.7. The van der Waals surface area contributed by atoms with Gasteiger partial charge in [-0.05, 0) is 70.2 Å². The summed E-state index contributed by atoms with van der Waals surface area (Å²) < 4.78 is 0. The summed E-state index contributed by atoms with van der Waals surface area (Å²) in [6.45, 7) is 9.07. The molecule has 40 heavy (non-hydrogen) atoms. The highest BCUT2D eigenvalue weighted by molar-refractivity contribution is 5.82. The molecule has 0 saturated heterocycles. The highest BCUT2D eigenvalue weighted by Crippen LogP contribution is 2.48. The van der Waals surface area contributed by atoms with Crippen molar-refractivity contribution in [3.63, 3.8) is 0 Å². The summed E-state index contributed by atoms with van der Waals surface area (Å²) in [4.78, 5) is 13.4. The van der Waals surface area contributed by atoms with Crippen molar-refractivity contribution in [3.05, 3.63) is 105 Å². The van der Waals surface area contributed by atoms with Crippen molar-refractivity contribution >= 4 is 0 Å². The molecule has 0 N–H and O–H groups in total. The van der Waals surface area contributed by atoms with Gasteiger partial charge in [0.15, 0.2) is 11.5 Å². The Balaban J connectivity index is 1.49. The molecule has 4 aromatic carbocycles. The molecule has 2 heteroatoms. The molecule has 2 aliphatic rings. The predicted octanol–water partition coefficient (Wildman–Crippen LogP) is 10.0. The Bertz CT molecular complexity index is 1430. The van der Waals surface area contributed by atoms with Crippen molar-refractivity contribution in [1.29, 1.82) is 0 Å². The summed E-state index contributed by atoms with van der Waals surface area (Å²) in [6.07, 6.45) is 10.3. The van der Waals surface area contributed by atoms with Crippen LogP contribution in [0, 0.1) is 0 Å². The SMILES string of the molecule is CCCc1cc2c(c(OOc3c(CCC)c(CCC)cc4c3Cc3ccccc3-4)c1CCC)Cc1ccccc1-2. The fourth-order valence-corrected chi connectivity index (χ4v) is 7.00. The number of benzene rings is 4. The van der Waals surface area contributed by atoms with Crippen molar-refractivity contribution in [2.45, 2.75) is 91.9 Å². The van der Waals surface area contributed by atoms with Gasteiger partial charge in [-0.15, -0.1) is 0 Å². The van der Waals surface area contributed by atoms with Gasteiger partial charge in [-0.1, -0.05) is 114 Å². The van der Waals surface area contributed by atoms with Gasteiger partial charge in [0.2, 0.25) is 0 Å². The summed E-state index contributed by atoms with van der Waals surface area (Å²) >= 11 is 0. The fraction of sp³-hybridized carbons (Fsp3) is 0.368. The molecule has 0 unspecified atom stereocenters. The van der Waals surface area contributed by atoms with Gasteiger partial charge in [-0.3, -0.25) is 9.78 Å². The normalized spacial score (nSPS) is 12.6. The van der Waals surface area contributed by atoms with Gasteiger partial charge in [-0.25, -0.2) is 0 Å². The average Bonchev–Trinajstić information content (AvgIpc) is 3.52. The van der Waals surface area contributed by atoms with E-state index in [1.165, 1.54) is 66.8 Å². The second kappa shape index (κ2) is 11.5. The molecule has 0 heterocycles. The minimum atomic E-state index is 0.897. The molecule has 2 aliphatic carbocycles. The molecule has 0 saturated carbocycles. The number of aryl methyl sites for hydroxylation is 2. The van der Waals surface area contributed by atoms with Crippen molar-refractivity contribution in [2.24, 2.45) is 0 Å². The average molecular weight is 531 g/mol. The van der Waals surface area contributed by atoms with Crippen LogP contribution in [-0.2, 0) is 38.5 Å². The molecule has 0 radical (unpaired) electrons. The van der Waals surface area contributed by atoms with Crippen LogP contribution in [-0.4, -0.2) is 0 Å². The van der Waals surface area contributed by atoms with Crippen molar-refractivity contribution in [3.8, 4) is 33.8 Å². The summed E-state index contributed by atoms with van der Waals surface area (Å²) in [7, 11) is 0. The van der Waals surface area contributed by atoms with Crippen LogP contribution in [0.4, 0.5) is 0 Å². The number of hydrogen-bond donors (Lipinski definition) is 0. The first-order valence-electron chi connectivity index (χ1n) is 15.5. The second-order valence-corrected chi connectivity index (χ2v) is 11.6. The smallest absolute Gasteiger partial charge is 0.186 e. The van der Waals surface area contributed by atoms with Gasteiger partial charge < -0.3 is 0 Å². The Morgan fingerprint density at radius 1 is 0.500 bits per heavy atom. The standard InChI is InChI=1S/C38H42O2/c1-5-13-25-21-33-29-19-11-9-17-27(29)23-35(33)37(31(25)15-7-3)39-40-38-32(16-8-4)26(14-6-2)22-34-30-20-12-10-18-28(30)24-36(34)38/h9-12,17-22H,5-8,13-16,23-24H2,1-4H3. The largest absolute Gasteiger partial charge is 0.289 e. The zero-order chi connectivity index (χ0) is 27.6. The molecule has 0 spiro atoms. The Morgan fingerprint density at radius 2 is 0.900 bits per heavy atom. The lowest BCUT2D eigenvalue weighted by Crippen LogP contribution is -2.12. The number of hydrogen-bond acceptors (Lipinski definition) is 2. The molecule has 2 nitrogen and oxygen atoms in total. The van der Waals surface area contributed by atoms with E-state index in [0.717, 1.165) is 75.7 Å². The molecular formula is C38H42O2. The van der Waals surface area contributed by atoms with Gasteiger partial charge >= 0.3 is 0 Å².